The molecular formula is C17H18N3O11P. The molecule has 0 saturated heterocycles. The summed E-state index contributed by atoms with van der Waals surface area (Å²) in [6.45, 7) is 1.45. The molecular weight excluding hydrogens is 453 g/mol. The normalized spacial score (nSPS) is 10.9. The molecule has 2 aromatic rings. The number of rotatable bonds is 13. The number of ether oxygens (including phenoxy) is 1. The number of nitro benzene ring substituents is 2. The monoisotopic (exact) mass is 471 g/mol. The summed E-state index contributed by atoms with van der Waals surface area (Å²) in [6.07, 6.45) is -0.550. The van der Waals surface area contributed by atoms with Gasteiger partial charge < -0.3 is 14.5 Å². The van der Waals surface area contributed by atoms with E-state index in [4.69, 9.17) is 23.9 Å². The minimum absolute atomic E-state index is 0.0276. The third-order valence-electron chi connectivity index (χ3n) is 3.47. The van der Waals surface area contributed by atoms with E-state index in [-0.39, 0.29) is 36.0 Å². The Hall–Kier alpha value is -3.58. The molecule has 2 rings (SSSR count). The molecule has 0 atom stereocenters. The van der Waals surface area contributed by atoms with E-state index in [0.29, 0.717) is 0 Å². The third kappa shape index (κ3) is 7.92. The molecule has 0 saturated carbocycles. The van der Waals surface area contributed by atoms with Crippen molar-refractivity contribution in [1.29, 1.82) is 0 Å². The molecule has 32 heavy (non-hydrogen) atoms. The van der Waals surface area contributed by atoms with Crippen molar-refractivity contribution in [3.05, 3.63) is 68.8 Å². The topological polar surface area (TPSA) is 179 Å². The van der Waals surface area contributed by atoms with Crippen LogP contribution in [-0.4, -0.2) is 35.3 Å². The summed E-state index contributed by atoms with van der Waals surface area (Å²) >= 11 is 0. The molecule has 0 bridgehead atoms. The van der Waals surface area contributed by atoms with Crippen LogP contribution in [0.3, 0.4) is 0 Å². The lowest BCUT2D eigenvalue weighted by Gasteiger charge is -2.16. The molecule has 0 aromatic heterocycles. The van der Waals surface area contributed by atoms with Gasteiger partial charge in [-0.15, -0.1) is 0 Å². The number of carbonyl (C=O) groups is 1. The molecule has 2 aromatic carbocycles. The van der Waals surface area contributed by atoms with Gasteiger partial charge in [-0.25, -0.2) is 0 Å². The fourth-order valence-electron chi connectivity index (χ4n) is 2.02. The number of hydrogen-bond donors (Lipinski definition) is 1. The predicted molar refractivity (Wildman–Crippen MR) is 107 cm³/mol. The van der Waals surface area contributed by atoms with Gasteiger partial charge in [0.05, 0.1) is 23.0 Å². The zero-order valence-electron chi connectivity index (χ0n) is 16.6. The zero-order chi connectivity index (χ0) is 23.6. The maximum atomic E-state index is 12.9. The number of nitrogens with one attached hydrogen (secondary N) is 1. The highest BCUT2D eigenvalue weighted by Crippen LogP contribution is 2.47. The Labute approximate surface area is 180 Å². The fourth-order valence-corrected chi connectivity index (χ4v) is 2.93. The second-order valence-corrected chi connectivity index (χ2v) is 7.65. The SMILES string of the molecule is CCOC(=O)CNCP(=O)(OOc1ccc([N+](=O)[O-])cc1)OOc1ccc([N+](=O)[O-])cc1. The highest BCUT2D eigenvalue weighted by Gasteiger charge is 2.30. The first-order valence-electron chi connectivity index (χ1n) is 8.89. The van der Waals surface area contributed by atoms with Crippen LogP contribution in [0.2, 0.25) is 0 Å². The maximum absolute atomic E-state index is 12.9. The lowest BCUT2D eigenvalue weighted by atomic mass is 10.3. The van der Waals surface area contributed by atoms with E-state index in [0.717, 1.165) is 24.3 Å². The van der Waals surface area contributed by atoms with Gasteiger partial charge >= 0.3 is 13.6 Å². The number of non-ortho nitro benzene ring substituents is 2. The molecule has 172 valence electrons. The summed E-state index contributed by atoms with van der Waals surface area (Å²) in [6, 6.07) is 9.34. The Morgan fingerprint density at radius 2 is 1.34 bits per heavy atom. The first kappa shape index (κ1) is 24.7. The first-order valence-corrected chi connectivity index (χ1v) is 10.6. The molecule has 1 N–H and O–H groups in total. The quantitative estimate of drug-likeness (QED) is 0.148. The molecule has 0 spiro atoms. The average molecular weight is 471 g/mol. The van der Waals surface area contributed by atoms with Crippen molar-refractivity contribution in [2.75, 3.05) is 19.4 Å². The van der Waals surface area contributed by atoms with Gasteiger partial charge in [0.2, 0.25) is 0 Å². The molecule has 0 amide bonds. The van der Waals surface area contributed by atoms with Crippen molar-refractivity contribution in [2.45, 2.75) is 6.92 Å². The number of nitrogens with zero attached hydrogens (tertiary/aromatic N) is 2. The van der Waals surface area contributed by atoms with Gasteiger partial charge in [0, 0.05) is 24.3 Å². The fraction of sp³-hybridized carbons (Fsp3) is 0.235. The zero-order valence-corrected chi connectivity index (χ0v) is 17.5. The predicted octanol–water partition coefficient (Wildman–Crippen LogP) is 3.13. The summed E-state index contributed by atoms with van der Waals surface area (Å²) in [7, 11) is -4.22. The van der Waals surface area contributed by atoms with E-state index in [2.05, 4.69) is 5.32 Å². The summed E-state index contributed by atoms with van der Waals surface area (Å²) < 4.78 is 27.4. The average Bonchev–Trinajstić information content (AvgIpc) is 2.77. The van der Waals surface area contributed by atoms with Crippen LogP contribution in [0.25, 0.3) is 0 Å². The summed E-state index contributed by atoms with van der Waals surface area (Å²) in [5, 5.41) is 23.9. The molecule has 0 aliphatic rings. The molecule has 15 heteroatoms. The van der Waals surface area contributed by atoms with Crippen molar-refractivity contribution in [3.8, 4) is 11.5 Å². The summed E-state index contributed by atoms with van der Waals surface area (Å²) in [5.41, 5.74) is -0.399. The van der Waals surface area contributed by atoms with Gasteiger partial charge in [-0.2, -0.15) is 0 Å². The maximum Gasteiger partial charge on any atom is 0.418 e. The second kappa shape index (κ2) is 11.7. The number of carbonyl (C=O) groups excluding carboxylic acids is 1. The Morgan fingerprint density at radius 1 is 0.906 bits per heavy atom. The highest BCUT2D eigenvalue weighted by atomic mass is 31.2. The summed E-state index contributed by atoms with van der Waals surface area (Å²) in [5.74, 6) is -0.674. The van der Waals surface area contributed by atoms with Gasteiger partial charge in [0.1, 0.15) is 6.29 Å². The lowest BCUT2D eigenvalue weighted by molar-refractivity contribution is -0.385. The number of nitro groups is 2. The molecule has 0 aliphatic carbocycles. The minimum Gasteiger partial charge on any atom is -0.465 e. The van der Waals surface area contributed by atoms with Crippen LogP contribution in [0.4, 0.5) is 11.4 Å². The van der Waals surface area contributed by atoms with Crippen molar-refractivity contribution in [1.82, 2.24) is 5.32 Å². The second-order valence-electron chi connectivity index (χ2n) is 5.82. The van der Waals surface area contributed by atoms with E-state index in [1.807, 2.05) is 0 Å². The minimum atomic E-state index is -4.22. The van der Waals surface area contributed by atoms with E-state index in [9.17, 15) is 29.6 Å². The molecule has 0 unspecified atom stereocenters. The van der Waals surface area contributed by atoms with E-state index < -0.39 is 29.7 Å². The van der Waals surface area contributed by atoms with Crippen molar-refractivity contribution < 1.29 is 43.1 Å². The van der Waals surface area contributed by atoms with Crippen LogP contribution in [0.5, 0.6) is 11.5 Å². The largest absolute Gasteiger partial charge is 0.465 e. The highest BCUT2D eigenvalue weighted by molar-refractivity contribution is 7.53. The van der Waals surface area contributed by atoms with E-state index >= 15 is 0 Å². The third-order valence-corrected chi connectivity index (χ3v) is 4.68. The Bertz CT molecular complexity index is 917. The smallest absolute Gasteiger partial charge is 0.418 e. The molecule has 0 radical (unpaired) electrons. The van der Waals surface area contributed by atoms with Crippen LogP contribution < -0.4 is 15.1 Å². The number of benzene rings is 2. The van der Waals surface area contributed by atoms with Crippen molar-refractivity contribution in [2.24, 2.45) is 0 Å². The van der Waals surface area contributed by atoms with Crippen LogP contribution in [0.1, 0.15) is 6.92 Å². The van der Waals surface area contributed by atoms with Gasteiger partial charge in [-0.05, 0) is 31.2 Å². The Balaban J connectivity index is 2.03. The van der Waals surface area contributed by atoms with Crippen LogP contribution in [0.15, 0.2) is 48.5 Å². The first-order chi connectivity index (χ1) is 15.2. The van der Waals surface area contributed by atoms with Gasteiger partial charge in [-0.1, -0.05) is 9.35 Å². The van der Waals surface area contributed by atoms with Crippen molar-refractivity contribution >= 4 is 24.9 Å². The van der Waals surface area contributed by atoms with Crippen LogP contribution in [-0.2, 0) is 23.4 Å². The van der Waals surface area contributed by atoms with Gasteiger partial charge in [0.15, 0.2) is 11.5 Å². The van der Waals surface area contributed by atoms with Crippen LogP contribution in [0, 0.1) is 20.2 Å². The van der Waals surface area contributed by atoms with Gasteiger partial charge in [0.25, 0.3) is 11.4 Å². The molecule has 0 heterocycles. The van der Waals surface area contributed by atoms with E-state index in [1.165, 1.54) is 24.3 Å². The summed E-state index contributed by atoms with van der Waals surface area (Å²) in [4.78, 5) is 41.4. The number of hydrogen-bond acceptors (Lipinski definition) is 12. The lowest BCUT2D eigenvalue weighted by Crippen LogP contribution is -2.27. The molecule has 0 aliphatic heterocycles. The van der Waals surface area contributed by atoms with Crippen LogP contribution >= 0.6 is 7.60 Å². The Kier molecular flexibility index (Phi) is 9.04. The molecule has 14 nitrogen and oxygen atoms in total. The van der Waals surface area contributed by atoms with E-state index in [1.54, 1.807) is 6.92 Å². The standard InChI is InChI=1S/C17H18N3O11P/c1-2-27-17(21)11-18-12-32(26,30-28-15-7-3-13(4-8-15)19(22)23)31-29-16-9-5-14(6-10-16)20(24)25/h3-10,18H,2,11-12H2,1H3. The van der Waals surface area contributed by atoms with Crippen molar-refractivity contribution in [3.63, 3.8) is 0 Å². The molecule has 0 fully saturated rings. The Morgan fingerprint density at radius 3 is 1.72 bits per heavy atom. The number of esters is 1. The van der Waals surface area contributed by atoms with Gasteiger partial charge in [-0.3, -0.25) is 34.9 Å².